The Hall–Kier alpha value is -2.40. The molecule has 0 radical (unpaired) electrons. The number of ketones is 1. The van der Waals surface area contributed by atoms with Crippen LogP contribution in [-0.4, -0.2) is 18.3 Å². The van der Waals surface area contributed by atoms with Gasteiger partial charge in [-0.25, -0.2) is 0 Å². The first-order valence-electron chi connectivity index (χ1n) is 10.4. The van der Waals surface area contributed by atoms with Crippen LogP contribution in [0.2, 0.25) is 0 Å². The lowest BCUT2D eigenvalue weighted by atomic mass is 9.69. The van der Waals surface area contributed by atoms with Crippen molar-refractivity contribution in [2.24, 2.45) is 5.41 Å². The monoisotopic (exact) mass is 467 g/mol. The van der Waals surface area contributed by atoms with E-state index in [0.29, 0.717) is 19.4 Å². The quantitative estimate of drug-likeness (QED) is 0.552. The number of ether oxygens (including phenoxy) is 1. The number of anilines is 1. The molecule has 2 aromatic rings. The summed E-state index contributed by atoms with van der Waals surface area (Å²) in [6.07, 6.45) is 1.46. The summed E-state index contributed by atoms with van der Waals surface area (Å²) in [7, 11) is 0. The largest absolute Gasteiger partial charge is 0.494 e. The highest BCUT2D eigenvalue weighted by molar-refractivity contribution is 9.10. The Kier molecular flexibility index (Phi) is 5.58. The number of hydrogen-bond acceptors (Lipinski definition) is 3. The topological polar surface area (TPSA) is 46.6 Å². The normalized spacial score (nSPS) is 20.9. The molecule has 4 rings (SSSR count). The second kappa shape index (κ2) is 8.03. The Morgan fingerprint density at radius 1 is 1.07 bits per heavy atom. The summed E-state index contributed by atoms with van der Waals surface area (Å²) in [4.78, 5) is 28.5. The maximum atomic E-state index is 13.4. The van der Waals surface area contributed by atoms with Gasteiger partial charge < -0.3 is 4.74 Å². The van der Waals surface area contributed by atoms with E-state index >= 15 is 0 Å². The number of carbonyl (C=O) groups excluding carboxylic acids is 2. The van der Waals surface area contributed by atoms with Crippen LogP contribution in [0.25, 0.3) is 0 Å². The molecule has 30 heavy (non-hydrogen) atoms. The molecule has 0 fully saturated rings. The summed E-state index contributed by atoms with van der Waals surface area (Å²) in [6, 6.07) is 15.5. The summed E-state index contributed by atoms with van der Waals surface area (Å²) >= 11 is 3.59. The van der Waals surface area contributed by atoms with Crippen LogP contribution in [0, 0.1) is 5.41 Å². The van der Waals surface area contributed by atoms with Crippen LogP contribution in [0.1, 0.15) is 51.5 Å². The number of carbonyl (C=O) groups is 2. The zero-order valence-corrected chi connectivity index (χ0v) is 19.2. The van der Waals surface area contributed by atoms with E-state index in [1.165, 1.54) is 0 Å². The highest BCUT2D eigenvalue weighted by Gasteiger charge is 2.44. The molecule has 4 nitrogen and oxygen atoms in total. The van der Waals surface area contributed by atoms with Crippen molar-refractivity contribution in [1.82, 2.24) is 0 Å². The highest BCUT2D eigenvalue weighted by atomic mass is 79.9. The number of para-hydroxylation sites is 1. The molecule has 0 spiro atoms. The Labute approximate surface area is 186 Å². The van der Waals surface area contributed by atoms with Gasteiger partial charge in [-0.15, -0.1) is 0 Å². The molecule has 1 aliphatic carbocycles. The molecule has 1 unspecified atom stereocenters. The van der Waals surface area contributed by atoms with Gasteiger partial charge in [-0.3, -0.25) is 14.5 Å². The van der Waals surface area contributed by atoms with Gasteiger partial charge in [0.2, 0.25) is 5.91 Å². The number of halogens is 1. The summed E-state index contributed by atoms with van der Waals surface area (Å²) in [5.74, 6) is 0.740. The standard InChI is InChI=1S/C25H26BrNO3/c1-4-30-17-11-9-16(10-12-17)18-13-23(29)27(20-8-6-5-7-19(20)26)21-14-25(2,3)15-22(28)24(18)21/h5-12,18H,4,13-15H2,1-3H3. The molecule has 2 aromatic carbocycles. The van der Waals surface area contributed by atoms with E-state index in [9.17, 15) is 9.59 Å². The predicted octanol–water partition coefficient (Wildman–Crippen LogP) is 6.01. The van der Waals surface area contributed by atoms with E-state index in [-0.39, 0.29) is 29.4 Å². The molecule has 0 N–H and O–H groups in total. The van der Waals surface area contributed by atoms with E-state index < -0.39 is 0 Å². The molecule has 1 heterocycles. The maximum Gasteiger partial charge on any atom is 0.232 e. The van der Waals surface area contributed by atoms with Gasteiger partial charge in [0, 0.05) is 34.5 Å². The zero-order valence-electron chi connectivity index (χ0n) is 17.6. The number of allylic oxidation sites excluding steroid dienone is 2. The van der Waals surface area contributed by atoms with Crippen molar-refractivity contribution in [1.29, 1.82) is 0 Å². The first-order chi connectivity index (χ1) is 14.3. The second-order valence-corrected chi connectivity index (χ2v) is 9.59. The molecule has 0 saturated carbocycles. The van der Waals surface area contributed by atoms with Crippen molar-refractivity contribution >= 4 is 33.3 Å². The van der Waals surface area contributed by atoms with Gasteiger partial charge in [0.1, 0.15) is 5.75 Å². The third kappa shape index (κ3) is 3.83. The zero-order chi connectivity index (χ0) is 21.5. The number of rotatable bonds is 4. The Morgan fingerprint density at radius 2 is 1.77 bits per heavy atom. The van der Waals surface area contributed by atoms with Gasteiger partial charge in [-0.2, -0.15) is 0 Å². The van der Waals surface area contributed by atoms with Crippen LogP contribution < -0.4 is 9.64 Å². The number of Topliss-reactive ketones (excluding diaryl/α,β-unsaturated/α-hetero) is 1. The van der Waals surface area contributed by atoms with E-state index in [2.05, 4.69) is 29.8 Å². The summed E-state index contributed by atoms with van der Waals surface area (Å²) < 4.78 is 6.40. The fourth-order valence-electron chi connectivity index (χ4n) is 4.58. The fraction of sp³-hybridized carbons (Fsp3) is 0.360. The Balaban J connectivity index is 1.85. The predicted molar refractivity (Wildman–Crippen MR) is 122 cm³/mol. The minimum Gasteiger partial charge on any atom is -0.494 e. The van der Waals surface area contributed by atoms with Crippen molar-refractivity contribution in [3.05, 3.63) is 69.8 Å². The molecule has 1 amide bonds. The number of amides is 1. The van der Waals surface area contributed by atoms with Crippen LogP contribution in [0.4, 0.5) is 5.69 Å². The first kappa shape index (κ1) is 20.9. The average molecular weight is 468 g/mol. The average Bonchev–Trinajstić information content (AvgIpc) is 2.68. The molecule has 1 atom stereocenters. The van der Waals surface area contributed by atoms with Gasteiger partial charge in [0.25, 0.3) is 0 Å². The van der Waals surface area contributed by atoms with Crippen molar-refractivity contribution in [2.45, 2.75) is 46.0 Å². The highest BCUT2D eigenvalue weighted by Crippen LogP contribution is 2.49. The molecular weight excluding hydrogens is 442 g/mol. The van der Waals surface area contributed by atoms with E-state index in [1.807, 2.05) is 55.5 Å². The SMILES string of the molecule is CCOc1ccc(C2CC(=O)N(c3ccccc3Br)C3=C2C(=O)CC(C)(C)C3)cc1. The lowest BCUT2D eigenvalue weighted by molar-refractivity contribution is -0.121. The first-order valence-corrected chi connectivity index (χ1v) is 11.2. The third-order valence-corrected chi connectivity index (χ3v) is 6.50. The lowest BCUT2D eigenvalue weighted by Crippen LogP contribution is -2.43. The van der Waals surface area contributed by atoms with E-state index in [0.717, 1.165) is 32.7 Å². The summed E-state index contributed by atoms with van der Waals surface area (Å²) in [5, 5.41) is 0. The van der Waals surface area contributed by atoms with Crippen LogP contribution in [-0.2, 0) is 9.59 Å². The van der Waals surface area contributed by atoms with Crippen molar-refractivity contribution < 1.29 is 14.3 Å². The lowest BCUT2D eigenvalue weighted by Gasteiger charge is -2.43. The smallest absolute Gasteiger partial charge is 0.232 e. The molecule has 0 bridgehead atoms. The van der Waals surface area contributed by atoms with Gasteiger partial charge in [-0.05, 0) is 64.5 Å². The molecule has 1 aliphatic heterocycles. The number of benzene rings is 2. The molecule has 2 aliphatic rings. The fourth-order valence-corrected chi connectivity index (χ4v) is 5.04. The number of hydrogen-bond donors (Lipinski definition) is 0. The third-order valence-electron chi connectivity index (χ3n) is 5.83. The minimum absolute atomic E-state index is 0.0186. The second-order valence-electron chi connectivity index (χ2n) is 8.74. The number of nitrogens with zero attached hydrogens (tertiary/aromatic N) is 1. The summed E-state index contributed by atoms with van der Waals surface area (Å²) in [5.41, 5.74) is 3.23. The van der Waals surface area contributed by atoms with Gasteiger partial charge in [0.05, 0.1) is 12.3 Å². The van der Waals surface area contributed by atoms with Gasteiger partial charge >= 0.3 is 0 Å². The van der Waals surface area contributed by atoms with Gasteiger partial charge in [0.15, 0.2) is 5.78 Å². The van der Waals surface area contributed by atoms with E-state index in [4.69, 9.17) is 4.74 Å². The van der Waals surface area contributed by atoms with Crippen LogP contribution in [0.15, 0.2) is 64.3 Å². The van der Waals surface area contributed by atoms with Crippen LogP contribution in [0.5, 0.6) is 5.75 Å². The maximum absolute atomic E-state index is 13.4. The molecular formula is C25H26BrNO3. The molecule has 5 heteroatoms. The summed E-state index contributed by atoms with van der Waals surface area (Å²) in [6.45, 7) is 6.74. The molecule has 0 saturated heterocycles. The van der Waals surface area contributed by atoms with Crippen molar-refractivity contribution in [2.75, 3.05) is 11.5 Å². The Morgan fingerprint density at radius 3 is 2.43 bits per heavy atom. The minimum atomic E-state index is -0.217. The molecule has 0 aromatic heterocycles. The molecule has 156 valence electrons. The van der Waals surface area contributed by atoms with Crippen molar-refractivity contribution in [3.63, 3.8) is 0 Å². The Bertz CT molecular complexity index is 1020. The van der Waals surface area contributed by atoms with E-state index in [1.54, 1.807) is 4.90 Å². The van der Waals surface area contributed by atoms with Crippen molar-refractivity contribution in [3.8, 4) is 5.75 Å². The van der Waals surface area contributed by atoms with Crippen LogP contribution in [0.3, 0.4) is 0 Å². The van der Waals surface area contributed by atoms with Crippen LogP contribution >= 0.6 is 15.9 Å². The van der Waals surface area contributed by atoms with Gasteiger partial charge in [-0.1, -0.05) is 38.1 Å².